The predicted molar refractivity (Wildman–Crippen MR) is 164 cm³/mol. The topological polar surface area (TPSA) is 175 Å². The number of hydrogen-bond donors (Lipinski definition) is 1. The molecule has 4 aromatic rings. The van der Waals surface area contributed by atoms with Crippen LogP contribution in [0.1, 0.15) is 28.5 Å². The lowest BCUT2D eigenvalue weighted by Gasteiger charge is -2.37. The number of benzene rings is 3. The molecule has 2 heterocycles. The number of aromatic amines is 1. The van der Waals surface area contributed by atoms with Crippen LogP contribution >= 0.6 is 0 Å². The molecule has 0 saturated carbocycles. The SMILES string of the molecule is COc1ccc(C(OC[C@H]2O[C@@H](n3cc(C)c(=O)[nH]c3=O)[C@@H](OS(C)(=O)=O)[C@@H]2N=[N+]=[N-])(c2ccccc2)c2ccccc2)cc1. The Balaban J connectivity index is 1.63. The smallest absolute Gasteiger partial charge is 0.330 e. The van der Waals surface area contributed by atoms with Crippen molar-refractivity contribution in [3.8, 4) is 5.75 Å². The molecular weight excluding hydrogens is 602 g/mol. The van der Waals surface area contributed by atoms with Crippen LogP contribution < -0.4 is 16.0 Å². The first-order chi connectivity index (χ1) is 21.6. The third-order valence-electron chi connectivity index (χ3n) is 7.52. The van der Waals surface area contributed by atoms with Gasteiger partial charge in [-0.15, -0.1) is 0 Å². The number of aryl methyl sites for hydroxylation is 1. The van der Waals surface area contributed by atoms with Gasteiger partial charge in [-0.3, -0.25) is 18.5 Å². The maximum Gasteiger partial charge on any atom is 0.330 e. The molecule has 1 aromatic heterocycles. The van der Waals surface area contributed by atoms with E-state index in [9.17, 15) is 23.5 Å². The van der Waals surface area contributed by atoms with Crippen LogP contribution in [0.15, 0.2) is 106 Å². The number of azide groups is 1. The van der Waals surface area contributed by atoms with Crippen LogP contribution in [0.5, 0.6) is 5.75 Å². The van der Waals surface area contributed by atoms with E-state index in [0.29, 0.717) is 5.75 Å². The molecule has 1 aliphatic rings. The summed E-state index contributed by atoms with van der Waals surface area (Å²) < 4.78 is 49.5. The highest BCUT2D eigenvalue weighted by Gasteiger charge is 2.50. The van der Waals surface area contributed by atoms with E-state index in [0.717, 1.165) is 27.5 Å². The lowest BCUT2D eigenvalue weighted by Crippen LogP contribution is -2.41. The number of aromatic nitrogens is 2. The Bertz CT molecular complexity index is 1870. The van der Waals surface area contributed by atoms with Gasteiger partial charge in [0.2, 0.25) is 0 Å². The summed E-state index contributed by atoms with van der Waals surface area (Å²) >= 11 is 0. The van der Waals surface area contributed by atoms with Crippen molar-refractivity contribution in [3.63, 3.8) is 0 Å². The van der Waals surface area contributed by atoms with E-state index >= 15 is 0 Å². The van der Waals surface area contributed by atoms with E-state index in [2.05, 4.69) is 15.0 Å². The zero-order valence-electron chi connectivity index (χ0n) is 24.6. The Labute approximate surface area is 258 Å². The summed E-state index contributed by atoms with van der Waals surface area (Å²) in [5.74, 6) is 0.640. The fraction of sp³-hybridized carbons (Fsp3) is 0.290. The molecule has 0 spiro atoms. The second kappa shape index (κ2) is 13.1. The summed E-state index contributed by atoms with van der Waals surface area (Å²) in [5.41, 5.74) is 9.25. The molecule has 45 heavy (non-hydrogen) atoms. The second-order valence-corrected chi connectivity index (χ2v) is 12.1. The third-order valence-corrected chi connectivity index (χ3v) is 8.10. The second-order valence-electron chi connectivity index (χ2n) is 10.5. The van der Waals surface area contributed by atoms with Gasteiger partial charge in [-0.2, -0.15) is 8.42 Å². The Kier molecular flexibility index (Phi) is 9.23. The molecule has 1 N–H and O–H groups in total. The Morgan fingerprint density at radius 2 is 1.56 bits per heavy atom. The first-order valence-corrected chi connectivity index (χ1v) is 15.7. The summed E-state index contributed by atoms with van der Waals surface area (Å²) in [6.07, 6.45) is -1.88. The normalized spacial score (nSPS) is 20.0. The van der Waals surface area contributed by atoms with Crippen LogP contribution in [-0.4, -0.2) is 56.2 Å². The Morgan fingerprint density at radius 1 is 0.978 bits per heavy atom. The number of H-pyrrole nitrogens is 1. The fourth-order valence-corrected chi connectivity index (χ4v) is 6.10. The molecule has 13 nitrogen and oxygen atoms in total. The van der Waals surface area contributed by atoms with Crippen molar-refractivity contribution in [2.45, 2.75) is 37.0 Å². The molecule has 3 aromatic carbocycles. The van der Waals surface area contributed by atoms with Gasteiger partial charge in [0.25, 0.3) is 15.7 Å². The number of nitrogens with zero attached hydrogens (tertiary/aromatic N) is 4. The highest BCUT2D eigenvalue weighted by Crippen LogP contribution is 2.43. The Morgan fingerprint density at radius 3 is 2.09 bits per heavy atom. The van der Waals surface area contributed by atoms with E-state index in [1.807, 2.05) is 84.9 Å². The number of nitrogens with one attached hydrogen (secondary N) is 1. The minimum atomic E-state index is -4.14. The first kappa shape index (κ1) is 31.7. The van der Waals surface area contributed by atoms with Gasteiger partial charge in [0.1, 0.15) is 17.5 Å². The summed E-state index contributed by atoms with van der Waals surface area (Å²) in [4.78, 5) is 30.0. The summed E-state index contributed by atoms with van der Waals surface area (Å²) in [7, 11) is -2.57. The van der Waals surface area contributed by atoms with Crippen molar-refractivity contribution in [1.29, 1.82) is 0 Å². The molecule has 0 bridgehead atoms. The van der Waals surface area contributed by atoms with Crippen molar-refractivity contribution in [2.24, 2.45) is 5.11 Å². The average Bonchev–Trinajstić information content (AvgIpc) is 3.35. The maximum atomic E-state index is 12.9. The van der Waals surface area contributed by atoms with Crippen LogP contribution in [0.4, 0.5) is 0 Å². The molecule has 5 rings (SSSR count). The molecule has 1 aliphatic heterocycles. The number of hydrogen-bond acceptors (Lipinski definition) is 9. The summed E-state index contributed by atoms with van der Waals surface area (Å²) in [6, 6.07) is 25.1. The van der Waals surface area contributed by atoms with E-state index in [1.165, 1.54) is 13.1 Å². The summed E-state index contributed by atoms with van der Waals surface area (Å²) in [6.45, 7) is 1.24. The van der Waals surface area contributed by atoms with Crippen LogP contribution in [0.25, 0.3) is 10.4 Å². The minimum absolute atomic E-state index is 0.169. The van der Waals surface area contributed by atoms with Crippen LogP contribution in [0, 0.1) is 6.92 Å². The van der Waals surface area contributed by atoms with Gasteiger partial charge in [-0.25, -0.2) is 4.79 Å². The van der Waals surface area contributed by atoms with E-state index in [1.54, 1.807) is 7.11 Å². The molecule has 0 aliphatic carbocycles. The summed E-state index contributed by atoms with van der Waals surface area (Å²) in [5, 5.41) is 3.84. The molecule has 14 heteroatoms. The van der Waals surface area contributed by atoms with Crippen LogP contribution in [0.3, 0.4) is 0 Å². The predicted octanol–water partition coefficient (Wildman–Crippen LogP) is 3.78. The van der Waals surface area contributed by atoms with Crippen molar-refractivity contribution in [3.05, 3.63) is 145 Å². The van der Waals surface area contributed by atoms with Crippen molar-refractivity contribution >= 4 is 10.1 Å². The Hall–Kier alpha value is -4.72. The molecule has 0 unspecified atom stereocenters. The van der Waals surface area contributed by atoms with Crippen LogP contribution in [0.2, 0.25) is 0 Å². The van der Waals surface area contributed by atoms with E-state index in [-0.39, 0.29) is 12.2 Å². The van der Waals surface area contributed by atoms with Crippen LogP contribution in [-0.2, 0) is 29.4 Å². The van der Waals surface area contributed by atoms with E-state index in [4.69, 9.17) is 18.4 Å². The van der Waals surface area contributed by atoms with Crippen molar-refractivity contribution < 1.29 is 26.8 Å². The molecule has 1 saturated heterocycles. The van der Waals surface area contributed by atoms with Gasteiger partial charge in [0.05, 0.1) is 32.1 Å². The molecule has 0 radical (unpaired) electrons. The van der Waals surface area contributed by atoms with Gasteiger partial charge < -0.3 is 14.2 Å². The lowest BCUT2D eigenvalue weighted by atomic mass is 9.80. The van der Waals surface area contributed by atoms with Gasteiger partial charge in [0, 0.05) is 16.7 Å². The number of methoxy groups -OCH3 is 1. The average molecular weight is 634 g/mol. The largest absolute Gasteiger partial charge is 0.497 e. The van der Waals surface area contributed by atoms with Crippen molar-refractivity contribution in [2.75, 3.05) is 20.0 Å². The standard InChI is InChI=1S/C31H31N5O8S/c1-20-18-36(30(38)33-28(20)37)29-27(44-45(3,39)40)26(34-35-32)25(43-29)19-42-31(21-10-6-4-7-11-21,22-12-8-5-9-13-22)23-14-16-24(41-2)17-15-23/h4-18,25-27,29H,19H2,1-3H3,(H,33,37,38)/t25-,26-,27+,29-/m1/s1. The lowest BCUT2D eigenvalue weighted by molar-refractivity contribution is -0.0863. The van der Waals surface area contributed by atoms with Gasteiger partial charge in [-0.1, -0.05) is 77.9 Å². The fourth-order valence-electron chi connectivity index (χ4n) is 5.49. The molecule has 234 valence electrons. The highest BCUT2D eigenvalue weighted by molar-refractivity contribution is 7.86. The van der Waals surface area contributed by atoms with Gasteiger partial charge >= 0.3 is 5.69 Å². The highest BCUT2D eigenvalue weighted by atomic mass is 32.2. The monoisotopic (exact) mass is 633 g/mol. The molecule has 0 amide bonds. The third kappa shape index (κ3) is 6.55. The number of ether oxygens (including phenoxy) is 3. The maximum absolute atomic E-state index is 12.9. The molecule has 1 fully saturated rings. The zero-order chi connectivity index (χ0) is 32.2. The van der Waals surface area contributed by atoms with E-state index < -0.39 is 51.4 Å². The zero-order valence-corrected chi connectivity index (χ0v) is 25.5. The van der Waals surface area contributed by atoms with Gasteiger partial charge in [0.15, 0.2) is 6.23 Å². The number of rotatable bonds is 11. The molecular formula is C31H31N5O8S. The first-order valence-electron chi connectivity index (χ1n) is 13.9. The minimum Gasteiger partial charge on any atom is -0.497 e. The molecule has 4 atom stereocenters. The quantitative estimate of drug-likeness (QED) is 0.0853. The van der Waals surface area contributed by atoms with Gasteiger partial charge in [-0.05, 0) is 41.3 Å². The van der Waals surface area contributed by atoms with Crippen molar-refractivity contribution in [1.82, 2.24) is 9.55 Å².